The van der Waals surface area contributed by atoms with E-state index >= 15 is 0 Å². The molecule has 0 bridgehead atoms. The second kappa shape index (κ2) is 8.19. The SMILES string of the molecule is NC(=O)C(=COc1ccncc1)c1nc([C@H]2CC(F)(F)CN2c2ccccc2)cs1. The molecular weight excluding hydrogens is 410 g/mol. The van der Waals surface area contributed by atoms with Gasteiger partial charge in [-0.3, -0.25) is 9.78 Å². The normalized spacial score (nSPS) is 18.4. The molecule has 1 saturated heterocycles. The minimum atomic E-state index is -2.84. The Kier molecular flexibility index (Phi) is 5.45. The number of amides is 1. The third kappa shape index (κ3) is 4.30. The number of nitrogens with two attached hydrogens (primary N) is 1. The average Bonchev–Trinajstić information content (AvgIpc) is 3.33. The first kappa shape index (κ1) is 20.0. The lowest BCUT2D eigenvalue weighted by molar-refractivity contribution is -0.112. The Labute approximate surface area is 175 Å². The lowest BCUT2D eigenvalue weighted by Gasteiger charge is -2.24. The summed E-state index contributed by atoms with van der Waals surface area (Å²) in [5, 5.41) is 2.00. The van der Waals surface area contributed by atoms with Crippen molar-refractivity contribution in [2.45, 2.75) is 18.4 Å². The predicted molar refractivity (Wildman–Crippen MR) is 110 cm³/mol. The number of aromatic nitrogens is 2. The van der Waals surface area contributed by atoms with Crippen molar-refractivity contribution in [3.05, 3.63) is 77.2 Å². The topological polar surface area (TPSA) is 81.3 Å². The molecule has 3 heterocycles. The number of primary amides is 1. The van der Waals surface area contributed by atoms with Crippen molar-refractivity contribution in [3.63, 3.8) is 0 Å². The van der Waals surface area contributed by atoms with Crippen molar-refractivity contribution >= 4 is 28.5 Å². The van der Waals surface area contributed by atoms with Gasteiger partial charge in [0.25, 0.3) is 11.8 Å². The van der Waals surface area contributed by atoms with E-state index in [9.17, 15) is 13.6 Å². The van der Waals surface area contributed by atoms with E-state index in [0.29, 0.717) is 22.1 Å². The Bertz CT molecular complexity index is 1060. The number of anilines is 1. The Morgan fingerprint density at radius 2 is 1.97 bits per heavy atom. The summed E-state index contributed by atoms with van der Waals surface area (Å²) in [7, 11) is 0. The highest BCUT2D eigenvalue weighted by molar-refractivity contribution is 7.11. The number of alkyl halides is 2. The van der Waals surface area contributed by atoms with E-state index in [1.54, 1.807) is 59.1 Å². The fraction of sp³-hybridized carbons (Fsp3) is 0.190. The van der Waals surface area contributed by atoms with Crippen molar-refractivity contribution in [1.82, 2.24) is 9.97 Å². The number of halogens is 2. The molecular formula is C21H18F2N4O2S. The third-order valence-electron chi connectivity index (χ3n) is 4.68. The maximum Gasteiger partial charge on any atom is 0.267 e. The van der Waals surface area contributed by atoms with E-state index < -0.39 is 24.4 Å². The molecule has 2 aromatic heterocycles. The number of thiazole rings is 1. The van der Waals surface area contributed by atoms with Crippen molar-refractivity contribution in [1.29, 1.82) is 0 Å². The highest BCUT2D eigenvalue weighted by atomic mass is 32.1. The van der Waals surface area contributed by atoms with Gasteiger partial charge in [-0.05, 0) is 24.3 Å². The highest BCUT2D eigenvalue weighted by Gasteiger charge is 2.46. The summed E-state index contributed by atoms with van der Waals surface area (Å²) in [5.74, 6) is -3.08. The first-order valence-electron chi connectivity index (χ1n) is 9.15. The summed E-state index contributed by atoms with van der Waals surface area (Å²) >= 11 is 1.16. The zero-order chi connectivity index (χ0) is 21.1. The van der Waals surface area contributed by atoms with Crippen LogP contribution in [0.5, 0.6) is 5.75 Å². The van der Waals surface area contributed by atoms with Crippen LogP contribution in [0.2, 0.25) is 0 Å². The van der Waals surface area contributed by atoms with Crippen LogP contribution in [0.25, 0.3) is 5.57 Å². The highest BCUT2D eigenvalue weighted by Crippen LogP contribution is 2.44. The standard InChI is InChI=1S/C21H18F2N4O2S/c22-21(23)10-18(27(13-21)14-4-2-1-3-5-14)17-12-30-20(26-17)16(19(24)28)11-29-15-6-8-25-9-7-15/h1-9,11-12,18H,10,13H2,(H2,24,28)/t18-/m1/s1. The van der Waals surface area contributed by atoms with Crippen LogP contribution in [-0.4, -0.2) is 28.3 Å². The smallest absolute Gasteiger partial charge is 0.267 e. The van der Waals surface area contributed by atoms with Crippen molar-refractivity contribution in [2.24, 2.45) is 5.73 Å². The summed E-state index contributed by atoms with van der Waals surface area (Å²) in [4.78, 5) is 21.9. The zero-order valence-electron chi connectivity index (χ0n) is 15.7. The molecule has 1 amide bonds. The number of para-hydroxylation sites is 1. The van der Waals surface area contributed by atoms with Gasteiger partial charge in [0.05, 0.1) is 18.3 Å². The maximum absolute atomic E-state index is 14.2. The molecule has 1 aliphatic rings. The molecule has 0 radical (unpaired) electrons. The van der Waals surface area contributed by atoms with Crippen molar-refractivity contribution < 1.29 is 18.3 Å². The molecule has 9 heteroatoms. The van der Waals surface area contributed by atoms with Crippen LogP contribution in [0, 0.1) is 0 Å². The lowest BCUT2D eigenvalue weighted by Crippen LogP contribution is -2.26. The molecule has 6 nitrogen and oxygen atoms in total. The minimum Gasteiger partial charge on any atom is -0.464 e. The van der Waals surface area contributed by atoms with E-state index in [1.165, 1.54) is 6.26 Å². The van der Waals surface area contributed by atoms with Gasteiger partial charge in [0, 0.05) is 29.9 Å². The summed E-state index contributed by atoms with van der Waals surface area (Å²) in [6.07, 6.45) is 3.97. The molecule has 0 aliphatic carbocycles. The zero-order valence-corrected chi connectivity index (χ0v) is 16.6. The molecule has 0 spiro atoms. The molecule has 30 heavy (non-hydrogen) atoms. The largest absolute Gasteiger partial charge is 0.464 e. The van der Waals surface area contributed by atoms with Gasteiger partial charge >= 0.3 is 0 Å². The second-order valence-corrected chi connectivity index (χ2v) is 7.67. The summed E-state index contributed by atoms with van der Waals surface area (Å²) in [6, 6.07) is 11.7. The molecule has 1 fully saturated rings. The molecule has 2 N–H and O–H groups in total. The lowest BCUT2D eigenvalue weighted by atomic mass is 10.1. The number of hydrogen-bond donors (Lipinski definition) is 1. The van der Waals surface area contributed by atoms with Gasteiger partial charge in [-0.15, -0.1) is 11.3 Å². The van der Waals surface area contributed by atoms with Gasteiger partial charge in [0.2, 0.25) is 0 Å². The van der Waals surface area contributed by atoms with Gasteiger partial charge in [0.1, 0.15) is 22.6 Å². The quantitative estimate of drug-likeness (QED) is 0.474. The van der Waals surface area contributed by atoms with Crippen LogP contribution >= 0.6 is 11.3 Å². The van der Waals surface area contributed by atoms with Gasteiger partial charge in [-0.25, -0.2) is 13.8 Å². The van der Waals surface area contributed by atoms with Crippen LogP contribution in [-0.2, 0) is 4.79 Å². The molecule has 0 saturated carbocycles. The van der Waals surface area contributed by atoms with Gasteiger partial charge in [-0.1, -0.05) is 18.2 Å². The molecule has 1 aliphatic heterocycles. The van der Waals surface area contributed by atoms with E-state index in [2.05, 4.69) is 9.97 Å². The number of hydrogen-bond acceptors (Lipinski definition) is 6. The fourth-order valence-corrected chi connectivity index (χ4v) is 4.17. The van der Waals surface area contributed by atoms with Crippen LogP contribution in [0.15, 0.2) is 66.5 Å². The third-order valence-corrected chi connectivity index (χ3v) is 5.57. The molecule has 154 valence electrons. The Balaban J connectivity index is 1.62. The van der Waals surface area contributed by atoms with Crippen molar-refractivity contribution in [3.8, 4) is 5.75 Å². The first-order chi connectivity index (χ1) is 14.4. The van der Waals surface area contributed by atoms with E-state index in [1.807, 2.05) is 6.07 Å². The number of nitrogens with zero attached hydrogens (tertiary/aromatic N) is 3. The summed E-state index contributed by atoms with van der Waals surface area (Å²) in [6.45, 7) is -0.391. The molecule has 3 aromatic rings. The van der Waals surface area contributed by atoms with Crippen LogP contribution in [0.3, 0.4) is 0 Å². The monoisotopic (exact) mass is 428 g/mol. The number of pyridine rings is 1. The molecule has 0 unspecified atom stereocenters. The Hall–Kier alpha value is -3.33. The predicted octanol–water partition coefficient (Wildman–Crippen LogP) is 4.03. The Morgan fingerprint density at radius 1 is 1.23 bits per heavy atom. The van der Waals surface area contributed by atoms with Crippen LogP contribution in [0.4, 0.5) is 14.5 Å². The number of carbonyl (C=O) groups is 1. The van der Waals surface area contributed by atoms with Crippen molar-refractivity contribution in [2.75, 3.05) is 11.4 Å². The fourth-order valence-electron chi connectivity index (χ4n) is 3.29. The maximum atomic E-state index is 14.2. The second-order valence-electron chi connectivity index (χ2n) is 6.81. The summed E-state index contributed by atoms with van der Waals surface area (Å²) < 4.78 is 34.0. The molecule has 1 atom stereocenters. The van der Waals surface area contributed by atoms with E-state index in [-0.39, 0.29) is 12.0 Å². The van der Waals surface area contributed by atoms with Crippen LogP contribution < -0.4 is 15.4 Å². The molecule has 4 rings (SSSR count). The van der Waals surface area contributed by atoms with Gasteiger partial charge in [0.15, 0.2) is 0 Å². The average molecular weight is 428 g/mol. The van der Waals surface area contributed by atoms with Gasteiger partial charge < -0.3 is 15.4 Å². The van der Waals surface area contributed by atoms with Gasteiger partial charge in [-0.2, -0.15) is 0 Å². The number of ether oxygens (including phenoxy) is 1. The molecule has 1 aromatic carbocycles. The number of rotatable bonds is 6. The van der Waals surface area contributed by atoms with Crippen LogP contribution in [0.1, 0.15) is 23.2 Å². The van der Waals surface area contributed by atoms with E-state index in [0.717, 1.165) is 11.3 Å². The Morgan fingerprint density at radius 3 is 2.67 bits per heavy atom. The minimum absolute atomic E-state index is 0.0686. The number of carbonyl (C=O) groups excluding carboxylic acids is 1. The summed E-state index contributed by atoms with van der Waals surface area (Å²) in [5.41, 5.74) is 6.72. The van der Waals surface area contributed by atoms with E-state index in [4.69, 9.17) is 10.5 Å². The first-order valence-corrected chi connectivity index (χ1v) is 10.0. The number of benzene rings is 1.